The summed E-state index contributed by atoms with van der Waals surface area (Å²) in [7, 11) is 1.65. The van der Waals surface area contributed by atoms with E-state index in [1.54, 1.807) is 7.05 Å². The van der Waals surface area contributed by atoms with Gasteiger partial charge in [-0.05, 0) is 0 Å². The zero-order valence-corrected chi connectivity index (χ0v) is 10.4. The Kier molecular flexibility index (Phi) is 2.88. The zero-order valence-electron chi connectivity index (χ0n) is 9.62. The molecular weight excluding hydrogens is 242 g/mol. The maximum atomic E-state index is 10.9. The number of aromatic nitrogens is 4. The van der Waals surface area contributed by atoms with Gasteiger partial charge in [0.15, 0.2) is 10.7 Å². The Hall–Kier alpha value is -1.83. The summed E-state index contributed by atoms with van der Waals surface area (Å²) in [6.45, 7) is 4.00. The molecule has 0 aliphatic heterocycles. The summed E-state index contributed by atoms with van der Waals surface area (Å²) in [5.41, 5.74) is 0.360. The van der Waals surface area contributed by atoms with Crippen LogP contribution in [0.25, 0.3) is 10.7 Å². The van der Waals surface area contributed by atoms with Gasteiger partial charge in [0.2, 0.25) is 0 Å². The van der Waals surface area contributed by atoms with Gasteiger partial charge in [0.1, 0.15) is 11.2 Å². The number of nitrogens with zero attached hydrogens (tertiary/aromatic N) is 5. The van der Waals surface area contributed by atoms with E-state index in [1.165, 1.54) is 22.2 Å². The molecule has 17 heavy (non-hydrogen) atoms. The van der Waals surface area contributed by atoms with Crippen molar-refractivity contribution in [2.75, 3.05) is 0 Å². The molecule has 0 saturated heterocycles. The number of nitro groups is 1. The first kappa shape index (κ1) is 11.6. The summed E-state index contributed by atoms with van der Waals surface area (Å²) >= 11 is 1.36. The van der Waals surface area contributed by atoms with E-state index in [4.69, 9.17) is 0 Å². The number of rotatable bonds is 3. The first-order valence-corrected chi connectivity index (χ1v) is 5.82. The molecule has 2 aromatic rings. The fraction of sp³-hybridized carbons (Fsp3) is 0.444. The van der Waals surface area contributed by atoms with E-state index in [0.29, 0.717) is 10.7 Å². The van der Waals surface area contributed by atoms with Crippen LogP contribution in [0.2, 0.25) is 0 Å². The molecule has 0 spiro atoms. The van der Waals surface area contributed by atoms with Crippen molar-refractivity contribution in [1.29, 1.82) is 0 Å². The van der Waals surface area contributed by atoms with Crippen LogP contribution in [0.4, 0.5) is 5.69 Å². The Morgan fingerprint density at radius 1 is 1.47 bits per heavy atom. The molecule has 0 bridgehead atoms. The minimum atomic E-state index is -0.460. The van der Waals surface area contributed by atoms with Gasteiger partial charge in [-0.1, -0.05) is 25.2 Å². The molecule has 0 radical (unpaired) electrons. The van der Waals surface area contributed by atoms with E-state index in [1.807, 2.05) is 13.8 Å². The highest BCUT2D eigenvalue weighted by Gasteiger charge is 2.24. The maximum absolute atomic E-state index is 10.9. The summed E-state index contributed by atoms with van der Waals surface area (Å²) in [6.07, 6.45) is 1.23. The molecule has 8 heteroatoms. The van der Waals surface area contributed by atoms with Crippen molar-refractivity contribution in [3.05, 3.63) is 21.3 Å². The van der Waals surface area contributed by atoms with Crippen LogP contribution >= 0.6 is 11.3 Å². The second-order valence-electron chi connectivity index (χ2n) is 3.86. The van der Waals surface area contributed by atoms with E-state index >= 15 is 0 Å². The van der Waals surface area contributed by atoms with Crippen LogP contribution in [0.1, 0.15) is 24.8 Å². The fourth-order valence-electron chi connectivity index (χ4n) is 1.37. The highest BCUT2D eigenvalue weighted by molar-refractivity contribution is 7.14. The number of hydrogen-bond donors (Lipinski definition) is 0. The van der Waals surface area contributed by atoms with Crippen LogP contribution in [-0.4, -0.2) is 24.9 Å². The van der Waals surface area contributed by atoms with Crippen molar-refractivity contribution in [2.24, 2.45) is 7.05 Å². The summed E-state index contributed by atoms with van der Waals surface area (Å²) in [5, 5.41) is 24.1. The Balaban J connectivity index is 2.52. The standard InChI is InChI=1S/C9H11N5O2S/c1-5(2)8-11-12-9(17-8)7-6(14(15)16)4-10-13(7)3/h4-5H,1-3H3. The Morgan fingerprint density at radius 3 is 2.71 bits per heavy atom. The number of aryl methyl sites for hydroxylation is 1. The van der Waals surface area contributed by atoms with Crippen molar-refractivity contribution in [2.45, 2.75) is 19.8 Å². The second-order valence-corrected chi connectivity index (χ2v) is 4.87. The predicted molar refractivity (Wildman–Crippen MR) is 62.9 cm³/mol. The van der Waals surface area contributed by atoms with Gasteiger partial charge < -0.3 is 0 Å². The molecule has 0 fully saturated rings. The van der Waals surface area contributed by atoms with Crippen LogP contribution in [0.15, 0.2) is 6.20 Å². The summed E-state index contributed by atoms with van der Waals surface area (Å²) < 4.78 is 1.45. The van der Waals surface area contributed by atoms with E-state index in [2.05, 4.69) is 15.3 Å². The Morgan fingerprint density at radius 2 is 2.18 bits per heavy atom. The van der Waals surface area contributed by atoms with Crippen molar-refractivity contribution in [3.8, 4) is 10.7 Å². The Bertz CT molecular complexity index is 559. The van der Waals surface area contributed by atoms with E-state index in [9.17, 15) is 10.1 Å². The Labute approximate surface area is 101 Å². The fourth-order valence-corrected chi connectivity index (χ4v) is 2.30. The molecule has 2 aromatic heterocycles. The van der Waals surface area contributed by atoms with Crippen LogP contribution in [0, 0.1) is 10.1 Å². The van der Waals surface area contributed by atoms with Gasteiger partial charge in [0.25, 0.3) is 0 Å². The third kappa shape index (κ3) is 2.03. The lowest BCUT2D eigenvalue weighted by Gasteiger charge is -1.96. The maximum Gasteiger partial charge on any atom is 0.317 e. The lowest BCUT2D eigenvalue weighted by molar-refractivity contribution is -0.384. The van der Waals surface area contributed by atoms with Gasteiger partial charge >= 0.3 is 5.69 Å². The molecule has 0 atom stereocenters. The molecule has 0 amide bonds. The smallest absolute Gasteiger partial charge is 0.259 e. The first-order chi connectivity index (χ1) is 8.00. The lowest BCUT2D eigenvalue weighted by atomic mass is 10.2. The van der Waals surface area contributed by atoms with Crippen LogP contribution < -0.4 is 0 Å². The molecule has 2 heterocycles. The molecule has 7 nitrogen and oxygen atoms in total. The summed E-state index contributed by atoms with van der Waals surface area (Å²) in [4.78, 5) is 10.4. The molecule has 90 valence electrons. The zero-order chi connectivity index (χ0) is 12.6. The van der Waals surface area contributed by atoms with Gasteiger partial charge in [-0.2, -0.15) is 5.10 Å². The quantitative estimate of drug-likeness (QED) is 0.616. The molecular formula is C9H11N5O2S. The van der Waals surface area contributed by atoms with Crippen molar-refractivity contribution in [1.82, 2.24) is 20.0 Å². The van der Waals surface area contributed by atoms with Gasteiger partial charge in [0, 0.05) is 13.0 Å². The first-order valence-electron chi connectivity index (χ1n) is 5.01. The van der Waals surface area contributed by atoms with Crippen molar-refractivity contribution < 1.29 is 4.92 Å². The van der Waals surface area contributed by atoms with Gasteiger partial charge in [-0.15, -0.1) is 10.2 Å². The minimum absolute atomic E-state index is 0.0426. The van der Waals surface area contributed by atoms with Gasteiger partial charge in [-0.25, -0.2) is 0 Å². The molecule has 0 aliphatic carbocycles. The largest absolute Gasteiger partial charge is 0.317 e. The lowest BCUT2D eigenvalue weighted by Crippen LogP contribution is -1.95. The second kappa shape index (κ2) is 4.21. The topological polar surface area (TPSA) is 86.7 Å². The van der Waals surface area contributed by atoms with Gasteiger partial charge in [-0.3, -0.25) is 14.8 Å². The third-order valence-electron chi connectivity index (χ3n) is 2.25. The average molecular weight is 253 g/mol. The van der Waals surface area contributed by atoms with Crippen molar-refractivity contribution in [3.63, 3.8) is 0 Å². The SMILES string of the molecule is CC(C)c1nnc(-c2c([N+](=O)[O-])cnn2C)s1. The minimum Gasteiger partial charge on any atom is -0.259 e. The molecule has 0 saturated carbocycles. The van der Waals surface area contributed by atoms with E-state index in [0.717, 1.165) is 5.01 Å². The monoisotopic (exact) mass is 253 g/mol. The predicted octanol–water partition coefficient (Wildman–Crippen LogP) is 1.97. The number of hydrogen-bond acceptors (Lipinski definition) is 6. The summed E-state index contributed by atoms with van der Waals surface area (Å²) in [6, 6.07) is 0. The summed E-state index contributed by atoms with van der Waals surface area (Å²) in [5.74, 6) is 0.258. The van der Waals surface area contributed by atoms with Gasteiger partial charge in [0.05, 0.1) is 4.92 Å². The highest BCUT2D eigenvalue weighted by Crippen LogP contribution is 2.32. The van der Waals surface area contributed by atoms with Crippen LogP contribution in [-0.2, 0) is 7.05 Å². The molecule has 0 unspecified atom stereocenters. The molecule has 0 aromatic carbocycles. The van der Waals surface area contributed by atoms with Crippen LogP contribution in [0.5, 0.6) is 0 Å². The molecule has 2 rings (SSSR count). The van der Waals surface area contributed by atoms with Crippen molar-refractivity contribution >= 4 is 17.0 Å². The third-order valence-corrected chi connectivity index (χ3v) is 3.48. The average Bonchev–Trinajstić information content (AvgIpc) is 2.82. The molecule has 0 N–H and O–H groups in total. The molecule has 0 aliphatic rings. The van der Waals surface area contributed by atoms with E-state index in [-0.39, 0.29) is 11.6 Å². The normalized spacial score (nSPS) is 11.1. The van der Waals surface area contributed by atoms with E-state index < -0.39 is 4.92 Å². The highest BCUT2D eigenvalue weighted by atomic mass is 32.1. The van der Waals surface area contributed by atoms with Crippen LogP contribution in [0.3, 0.4) is 0 Å².